The first kappa shape index (κ1) is 16.7. The van der Waals surface area contributed by atoms with Crippen LogP contribution >= 0.6 is 0 Å². The van der Waals surface area contributed by atoms with Gasteiger partial charge in [-0.2, -0.15) is 5.10 Å². The summed E-state index contributed by atoms with van der Waals surface area (Å²) in [5, 5.41) is 3.94. The highest BCUT2D eigenvalue weighted by molar-refractivity contribution is 5.78. The van der Waals surface area contributed by atoms with Crippen molar-refractivity contribution >= 4 is 12.1 Å². The number of hydrazone groups is 1. The molecule has 0 radical (unpaired) electrons. The van der Waals surface area contributed by atoms with E-state index in [4.69, 9.17) is 4.74 Å². The monoisotopic (exact) mass is 310 g/mol. The number of carbonyl (C=O) groups is 1. The molecule has 4 heteroatoms. The molecule has 0 fully saturated rings. The average Bonchev–Trinajstić information content (AvgIpc) is 2.55. The van der Waals surface area contributed by atoms with Crippen LogP contribution in [0, 0.1) is 13.8 Å². The van der Waals surface area contributed by atoms with Crippen molar-refractivity contribution in [2.75, 3.05) is 6.61 Å². The van der Waals surface area contributed by atoms with Gasteiger partial charge in [0, 0.05) is 6.21 Å². The van der Waals surface area contributed by atoms with Crippen LogP contribution < -0.4 is 10.2 Å². The summed E-state index contributed by atoms with van der Waals surface area (Å²) in [6.07, 6.45) is 3.39. The van der Waals surface area contributed by atoms with Gasteiger partial charge in [0.05, 0.1) is 0 Å². The number of hydrogen-bond acceptors (Lipinski definition) is 3. The maximum Gasteiger partial charge on any atom is 0.277 e. The van der Waals surface area contributed by atoms with Gasteiger partial charge in [0.25, 0.3) is 5.91 Å². The largest absolute Gasteiger partial charge is 0.483 e. The summed E-state index contributed by atoms with van der Waals surface area (Å²) >= 11 is 0. The Hall–Kier alpha value is -2.62. The van der Waals surface area contributed by atoms with Gasteiger partial charge in [-0.15, -0.1) is 0 Å². The topological polar surface area (TPSA) is 50.7 Å². The Kier molecular flexibility index (Phi) is 6.36. The predicted octanol–water partition coefficient (Wildman–Crippen LogP) is 3.42. The summed E-state index contributed by atoms with van der Waals surface area (Å²) in [6.45, 7) is 3.88. The lowest BCUT2D eigenvalue weighted by molar-refractivity contribution is -0.123. The van der Waals surface area contributed by atoms with Gasteiger partial charge < -0.3 is 4.74 Å². The molecule has 1 N–H and O–H groups in total. The second-order valence-corrected chi connectivity index (χ2v) is 5.38. The summed E-state index contributed by atoms with van der Waals surface area (Å²) in [5.41, 5.74) is 5.77. The summed E-state index contributed by atoms with van der Waals surface area (Å²) < 4.78 is 5.57. The maximum atomic E-state index is 11.7. The fraction of sp³-hybridized carbons (Fsp3) is 0.263. The second kappa shape index (κ2) is 8.73. The van der Waals surface area contributed by atoms with Crippen LogP contribution in [0.4, 0.5) is 0 Å². The number of nitrogens with zero attached hydrogens (tertiary/aromatic N) is 1. The Bertz CT molecular complexity index is 646. The molecular formula is C19H22N2O2. The average molecular weight is 310 g/mol. The fourth-order valence-corrected chi connectivity index (χ4v) is 2.25. The van der Waals surface area contributed by atoms with Crippen LogP contribution in [0.25, 0.3) is 0 Å². The molecule has 0 aliphatic rings. The van der Waals surface area contributed by atoms with Gasteiger partial charge in [-0.05, 0) is 43.4 Å². The van der Waals surface area contributed by atoms with Crippen molar-refractivity contribution in [3.8, 4) is 5.75 Å². The van der Waals surface area contributed by atoms with Crippen LogP contribution in [0.2, 0.25) is 0 Å². The molecule has 0 unspecified atom stereocenters. The molecular weight excluding hydrogens is 288 g/mol. The number of carbonyl (C=O) groups excluding carboxylic acids is 1. The van der Waals surface area contributed by atoms with E-state index < -0.39 is 0 Å². The third-order valence-electron chi connectivity index (χ3n) is 3.44. The predicted molar refractivity (Wildman–Crippen MR) is 92.8 cm³/mol. The number of para-hydroxylation sites is 1. The highest BCUT2D eigenvalue weighted by atomic mass is 16.5. The van der Waals surface area contributed by atoms with E-state index in [2.05, 4.69) is 22.7 Å². The first-order valence-electron chi connectivity index (χ1n) is 7.70. The van der Waals surface area contributed by atoms with Crippen molar-refractivity contribution in [1.29, 1.82) is 0 Å². The zero-order chi connectivity index (χ0) is 16.5. The Morgan fingerprint density at radius 2 is 1.78 bits per heavy atom. The smallest absolute Gasteiger partial charge is 0.277 e. The third kappa shape index (κ3) is 5.58. The quantitative estimate of drug-likeness (QED) is 0.629. The molecule has 0 aromatic heterocycles. The highest BCUT2D eigenvalue weighted by Gasteiger charge is 2.06. The first-order chi connectivity index (χ1) is 11.2. The summed E-state index contributed by atoms with van der Waals surface area (Å²) in [7, 11) is 0. The lowest BCUT2D eigenvalue weighted by Gasteiger charge is -2.10. The van der Waals surface area contributed by atoms with Gasteiger partial charge in [-0.25, -0.2) is 5.43 Å². The van der Waals surface area contributed by atoms with E-state index in [0.29, 0.717) is 0 Å². The Morgan fingerprint density at radius 1 is 1.09 bits per heavy atom. The van der Waals surface area contributed by atoms with Gasteiger partial charge >= 0.3 is 0 Å². The van der Waals surface area contributed by atoms with Gasteiger partial charge in [0.2, 0.25) is 0 Å². The van der Waals surface area contributed by atoms with E-state index in [1.807, 2.05) is 50.2 Å². The van der Waals surface area contributed by atoms with E-state index in [1.54, 1.807) is 6.21 Å². The van der Waals surface area contributed by atoms with Crippen LogP contribution in [0.3, 0.4) is 0 Å². The Balaban J connectivity index is 1.70. The van der Waals surface area contributed by atoms with Crippen molar-refractivity contribution in [3.05, 3.63) is 65.2 Å². The number of amides is 1. The SMILES string of the molecule is Cc1cccc(C)c1OCC(=O)N/N=C/CCc1ccccc1. The van der Waals surface area contributed by atoms with Gasteiger partial charge in [-0.1, -0.05) is 48.5 Å². The zero-order valence-corrected chi connectivity index (χ0v) is 13.6. The van der Waals surface area contributed by atoms with Crippen molar-refractivity contribution in [3.63, 3.8) is 0 Å². The molecule has 2 rings (SSSR count). The fourth-order valence-electron chi connectivity index (χ4n) is 2.25. The van der Waals surface area contributed by atoms with Crippen molar-refractivity contribution in [1.82, 2.24) is 5.43 Å². The van der Waals surface area contributed by atoms with E-state index in [9.17, 15) is 4.79 Å². The van der Waals surface area contributed by atoms with E-state index >= 15 is 0 Å². The standard InChI is InChI=1S/C19H22N2O2/c1-15-8-6-9-16(2)19(15)23-14-18(22)21-20-13-7-12-17-10-4-3-5-11-17/h3-6,8-11,13H,7,12,14H2,1-2H3,(H,21,22)/b20-13+. The molecule has 0 heterocycles. The minimum Gasteiger partial charge on any atom is -0.483 e. The maximum absolute atomic E-state index is 11.7. The van der Waals surface area contributed by atoms with Gasteiger partial charge in [0.15, 0.2) is 6.61 Å². The highest BCUT2D eigenvalue weighted by Crippen LogP contribution is 2.21. The normalized spacial score (nSPS) is 10.7. The summed E-state index contributed by atoms with van der Waals surface area (Å²) in [6, 6.07) is 16.1. The van der Waals surface area contributed by atoms with Gasteiger partial charge in [0.1, 0.15) is 5.75 Å². The molecule has 2 aromatic carbocycles. The van der Waals surface area contributed by atoms with Crippen LogP contribution in [-0.4, -0.2) is 18.7 Å². The number of ether oxygens (including phenoxy) is 1. The molecule has 0 saturated heterocycles. The Labute approximate surface area is 137 Å². The van der Waals surface area contributed by atoms with E-state index in [0.717, 1.165) is 29.7 Å². The van der Waals surface area contributed by atoms with Crippen LogP contribution in [-0.2, 0) is 11.2 Å². The molecule has 0 bridgehead atoms. The number of aryl methyl sites for hydroxylation is 3. The zero-order valence-electron chi connectivity index (χ0n) is 13.6. The number of hydrogen-bond donors (Lipinski definition) is 1. The molecule has 1 amide bonds. The first-order valence-corrected chi connectivity index (χ1v) is 7.70. The number of nitrogens with one attached hydrogen (secondary N) is 1. The second-order valence-electron chi connectivity index (χ2n) is 5.38. The Morgan fingerprint density at radius 3 is 2.48 bits per heavy atom. The van der Waals surface area contributed by atoms with Crippen LogP contribution in [0.15, 0.2) is 53.6 Å². The molecule has 23 heavy (non-hydrogen) atoms. The van der Waals surface area contributed by atoms with E-state index in [-0.39, 0.29) is 12.5 Å². The summed E-state index contributed by atoms with van der Waals surface area (Å²) in [5.74, 6) is 0.499. The van der Waals surface area contributed by atoms with Crippen LogP contribution in [0.1, 0.15) is 23.1 Å². The minimum atomic E-state index is -0.261. The summed E-state index contributed by atoms with van der Waals surface area (Å²) in [4.78, 5) is 11.7. The molecule has 0 atom stereocenters. The molecule has 0 aliphatic carbocycles. The van der Waals surface area contributed by atoms with E-state index in [1.165, 1.54) is 5.56 Å². The molecule has 2 aromatic rings. The molecule has 0 spiro atoms. The van der Waals surface area contributed by atoms with Crippen LogP contribution in [0.5, 0.6) is 5.75 Å². The lowest BCUT2D eigenvalue weighted by atomic mass is 10.1. The number of benzene rings is 2. The lowest BCUT2D eigenvalue weighted by Crippen LogP contribution is -2.24. The minimum absolute atomic E-state index is 0.0400. The molecule has 120 valence electrons. The van der Waals surface area contributed by atoms with Crippen molar-refractivity contribution in [2.24, 2.45) is 5.10 Å². The molecule has 4 nitrogen and oxygen atoms in total. The molecule has 0 aliphatic heterocycles. The molecule has 0 saturated carbocycles. The van der Waals surface area contributed by atoms with Crippen molar-refractivity contribution < 1.29 is 9.53 Å². The van der Waals surface area contributed by atoms with Gasteiger partial charge in [-0.3, -0.25) is 4.79 Å². The number of rotatable bonds is 7. The van der Waals surface area contributed by atoms with Crippen molar-refractivity contribution in [2.45, 2.75) is 26.7 Å². The third-order valence-corrected chi connectivity index (χ3v) is 3.44.